The van der Waals surface area contributed by atoms with E-state index in [1.165, 1.54) is 20.0 Å². The van der Waals surface area contributed by atoms with Crippen molar-refractivity contribution in [3.63, 3.8) is 0 Å². The number of rotatable bonds is 4. The maximum atomic E-state index is 11.7. The van der Waals surface area contributed by atoms with Gasteiger partial charge in [0.15, 0.2) is 0 Å². The standard InChI is InChI=1S/C13H25NO2/c1-10(2)12(13(15)16-4)9-11-5-7-14(3)8-6-11/h10-12H,5-9H2,1-4H3. The Kier molecular flexibility index (Phi) is 5.26. The van der Waals surface area contributed by atoms with E-state index in [0.717, 1.165) is 19.5 Å². The van der Waals surface area contributed by atoms with Gasteiger partial charge in [0.1, 0.15) is 0 Å². The summed E-state index contributed by atoms with van der Waals surface area (Å²) in [5.74, 6) is 1.13. The number of carbonyl (C=O) groups excluding carboxylic acids is 1. The molecule has 0 amide bonds. The first-order chi connectivity index (χ1) is 7.54. The number of methoxy groups -OCH3 is 1. The maximum absolute atomic E-state index is 11.7. The molecule has 1 saturated heterocycles. The van der Waals surface area contributed by atoms with Gasteiger partial charge in [-0.15, -0.1) is 0 Å². The van der Waals surface area contributed by atoms with Crippen molar-refractivity contribution in [1.82, 2.24) is 4.90 Å². The molecular formula is C13H25NO2. The van der Waals surface area contributed by atoms with Crippen LogP contribution in [-0.2, 0) is 9.53 Å². The molecule has 0 aromatic heterocycles. The molecule has 16 heavy (non-hydrogen) atoms. The van der Waals surface area contributed by atoms with Crippen molar-refractivity contribution in [2.45, 2.75) is 33.1 Å². The van der Waals surface area contributed by atoms with Crippen LogP contribution in [0.2, 0.25) is 0 Å². The second-order valence-electron chi connectivity index (χ2n) is 5.36. The Morgan fingerprint density at radius 2 is 1.94 bits per heavy atom. The molecule has 1 fully saturated rings. The summed E-state index contributed by atoms with van der Waals surface area (Å²) in [6, 6.07) is 0. The summed E-state index contributed by atoms with van der Waals surface area (Å²) in [5, 5.41) is 0. The van der Waals surface area contributed by atoms with Gasteiger partial charge >= 0.3 is 5.97 Å². The van der Waals surface area contributed by atoms with Gasteiger partial charge < -0.3 is 9.64 Å². The van der Waals surface area contributed by atoms with E-state index in [-0.39, 0.29) is 11.9 Å². The fourth-order valence-electron chi connectivity index (χ4n) is 2.45. The molecule has 1 unspecified atom stereocenters. The largest absolute Gasteiger partial charge is 0.469 e. The zero-order chi connectivity index (χ0) is 12.1. The zero-order valence-electron chi connectivity index (χ0n) is 11.0. The van der Waals surface area contributed by atoms with Crippen LogP contribution >= 0.6 is 0 Å². The number of hydrogen-bond acceptors (Lipinski definition) is 3. The second kappa shape index (κ2) is 6.24. The van der Waals surface area contributed by atoms with E-state index in [2.05, 4.69) is 25.8 Å². The minimum Gasteiger partial charge on any atom is -0.469 e. The van der Waals surface area contributed by atoms with Gasteiger partial charge in [0.05, 0.1) is 13.0 Å². The van der Waals surface area contributed by atoms with E-state index in [0.29, 0.717) is 11.8 Å². The van der Waals surface area contributed by atoms with E-state index in [1.54, 1.807) is 0 Å². The lowest BCUT2D eigenvalue weighted by molar-refractivity contribution is -0.147. The molecule has 0 N–H and O–H groups in total. The molecule has 1 atom stereocenters. The van der Waals surface area contributed by atoms with E-state index >= 15 is 0 Å². The molecule has 3 nitrogen and oxygen atoms in total. The highest BCUT2D eigenvalue weighted by atomic mass is 16.5. The van der Waals surface area contributed by atoms with Gasteiger partial charge in [-0.05, 0) is 51.2 Å². The molecule has 0 aliphatic carbocycles. The first-order valence-corrected chi connectivity index (χ1v) is 6.31. The molecule has 0 bridgehead atoms. The van der Waals surface area contributed by atoms with E-state index in [9.17, 15) is 4.79 Å². The smallest absolute Gasteiger partial charge is 0.308 e. The van der Waals surface area contributed by atoms with Crippen LogP contribution in [0.15, 0.2) is 0 Å². The van der Waals surface area contributed by atoms with Gasteiger partial charge in [-0.25, -0.2) is 0 Å². The highest BCUT2D eigenvalue weighted by Crippen LogP contribution is 2.28. The summed E-state index contributed by atoms with van der Waals surface area (Å²) in [5.41, 5.74) is 0. The number of ether oxygens (including phenoxy) is 1. The zero-order valence-corrected chi connectivity index (χ0v) is 11.0. The lowest BCUT2D eigenvalue weighted by Crippen LogP contribution is -2.33. The van der Waals surface area contributed by atoms with Crippen LogP contribution in [0.4, 0.5) is 0 Å². The maximum Gasteiger partial charge on any atom is 0.308 e. The van der Waals surface area contributed by atoms with Crippen LogP contribution in [0, 0.1) is 17.8 Å². The quantitative estimate of drug-likeness (QED) is 0.689. The third kappa shape index (κ3) is 3.78. The molecule has 0 radical (unpaired) electrons. The molecule has 3 heteroatoms. The Labute approximate surface area is 99.1 Å². The van der Waals surface area contributed by atoms with Gasteiger partial charge in [-0.2, -0.15) is 0 Å². The number of piperidine rings is 1. The van der Waals surface area contributed by atoms with Crippen LogP contribution < -0.4 is 0 Å². The van der Waals surface area contributed by atoms with Crippen LogP contribution in [0.25, 0.3) is 0 Å². The number of carbonyl (C=O) groups is 1. The number of hydrogen-bond donors (Lipinski definition) is 0. The second-order valence-corrected chi connectivity index (χ2v) is 5.36. The fourth-order valence-corrected chi connectivity index (χ4v) is 2.45. The Balaban J connectivity index is 2.45. The number of nitrogens with zero attached hydrogens (tertiary/aromatic N) is 1. The van der Waals surface area contributed by atoms with Crippen molar-refractivity contribution < 1.29 is 9.53 Å². The average Bonchev–Trinajstić information content (AvgIpc) is 2.27. The normalized spacial score (nSPS) is 21.1. The third-order valence-corrected chi connectivity index (χ3v) is 3.73. The van der Waals surface area contributed by atoms with Gasteiger partial charge in [-0.1, -0.05) is 13.8 Å². The molecule has 1 aliphatic rings. The van der Waals surface area contributed by atoms with Crippen LogP contribution in [0.3, 0.4) is 0 Å². The average molecular weight is 227 g/mol. The molecule has 1 heterocycles. The first-order valence-electron chi connectivity index (χ1n) is 6.31. The topological polar surface area (TPSA) is 29.5 Å². The lowest BCUT2D eigenvalue weighted by atomic mass is 9.82. The Hall–Kier alpha value is -0.570. The summed E-state index contributed by atoms with van der Waals surface area (Å²) in [4.78, 5) is 14.0. The summed E-state index contributed by atoms with van der Waals surface area (Å²) in [6.45, 7) is 6.54. The monoisotopic (exact) mass is 227 g/mol. The van der Waals surface area contributed by atoms with Gasteiger partial charge in [0.25, 0.3) is 0 Å². The van der Waals surface area contributed by atoms with Crippen molar-refractivity contribution in [3.8, 4) is 0 Å². The summed E-state index contributed by atoms with van der Waals surface area (Å²) < 4.78 is 4.89. The third-order valence-electron chi connectivity index (χ3n) is 3.73. The van der Waals surface area contributed by atoms with E-state index in [4.69, 9.17) is 4.74 Å². The minimum absolute atomic E-state index is 0.0334. The van der Waals surface area contributed by atoms with E-state index in [1.807, 2.05) is 0 Å². The van der Waals surface area contributed by atoms with Crippen molar-refractivity contribution in [3.05, 3.63) is 0 Å². The first kappa shape index (κ1) is 13.5. The van der Waals surface area contributed by atoms with Crippen LogP contribution in [-0.4, -0.2) is 38.1 Å². The van der Waals surface area contributed by atoms with Gasteiger partial charge in [-0.3, -0.25) is 4.79 Å². The lowest BCUT2D eigenvalue weighted by Gasteiger charge is -2.31. The molecule has 1 rings (SSSR count). The van der Waals surface area contributed by atoms with E-state index < -0.39 is 0 Å². The Morgan fingerprint density at radius 1 is 1.38 bits per heavy atom. The highest BCUT2D eigenvalue weighted by Gasteiger charge is 2.28. The Bertz CT molecular complexity index is 220. The Morgan fingerprint density at radius 3 is 2.38 bits per heavy atom. The van der Waals surface area contributed by atoms with Gasteiger partial charge in [0.2, 0.25) is 0 Å². The predicted octanol–water partition coefficient (Wildman–Crippen LogP) is 2.16. The van der Waals surface area contributed by atoms with Crippen molar-refractivity contribution in [2.75, 3.05) is 27.2 Å². The number of likely N-dealkylation sites (tertiary alicyclic amines) is 1. The molecular weight excluding hydrogens is 202 g/mol. The summed E-state index contributed by atoms with van der Waals surface area (Å²) >= 11 is 0. The van der Waals surface area contributed by atoms with Crippen molar-refractivity contribution in [2.24, 2.45) is 17.8 Å². The van der Waals surface area contributed by atoms with Crippen molar-refractivity contribution >= 4 is 5.97 Å². The van der Waals surface area contributed by atoms with Crippen LogP contribution in [0.5, 0.6) is 0 Å². The summed E-state index contributed by atoms with van der Waals surface area (Å²) in [6.07, 6.45) is 3.44. The fraction of sp³-hybridized carbons (Fsp3) is 0.923. The number of esters is 1. The molecule has 1 aliphatic heterocycles. The van der Waals surface area contributed by atoms with Crippen LogP contribution in [0.1, 0.15) is 33.1 Å². The molecule has 0 spiro atoms. The molecule has 0 aromatic rings. The highest BCUT2D eigenvalue weighted by molar-refractivity contribution is 5.72. The van der Waals surface area contributed by atoms with Crippen molar-refractivity contribution in [1.29, 1.82) is 0 Å². The molecule has 94 valence electrons. The predicted molar refractivity (Wildman–Crippen MR) is 65.2 cm³/mol. The molecule has 0 aromatic carbocycles. The molecule has 0 saturated carbocycles. The van der Waals surface area contributed by atoms with Gasteiger partial charge in [0, 0.05) is 0 Å². The minimum atomic E-state index is -0.0334. The summed E-state index contributed by atoms with van der Waals surface area (Å²) in [7, 11) is 3.66. The SMILES string of the molecule is COC(=O)C(CC1CCN(C)CC1)C(C)C.